The second kappa shape index (κ2) is 6.84. The lowest BCUT2D eigenvalue weighted by Gasteiger charge is -2.29. The molecule has 0 unspecified atom stereocenters. The van der Waals surface area contributed by atoms with E-state index >= 15 is 0 Å². The van der Waals surface area contributed by atoms with Gasteiger partial charge in [-0.15, -0.1) is 11.3 Å². The average molecular weight is 352 g/mol. The molecule has 0 bridgehead atoms. The standard InChI is InChI=1S/C18H16N4S2/c1-19-18-21-17(12-23-18)16-5-2-4-15(20-16)13-6-8-14(9-7-13)24-22-10-3-11-22/h2,4-9,12H,1,3,10-11H2. The number of thiazole rings is 1. The van der Waals surface area contributed by atoms with Crippen LogP contribution in [0.2, 0.25) is 0 Å². The Hall–Kier alpha value is -2.02. The zero-order chi connectivity index (χ0) is 16.4. The number of nitrogens with zero attached hydrogens (tertiary/aromatic N) is 4. The minimum absolute atomic E-state index is 0.671. The third-order valence-electron chi connectivity index (χ3n) is 3.84. The van der Waals surface area contributed by atoms with Crippen LogP contribution < -0.4 is 0 Å². The van der Waals surface area contributed by atoms with Crippen molar-refractivity contribution >= 4 is 35.1 Å². The molecular weight excluding hydrogens is 336 g/mol. The van der Waals surface area contributed by atoms with Gasteiger partial charge in [0.05, 0.1) is 11.4 Å². The van der Waals surface area contributed by atoms with Crippen LogP contribution in [0.15, 0.2) is 57.7 Å². The van der Waals surface area contributed by atoms with Crippen molar-refractivity contribution in [2.45, 2.75) is 11.3 Å². The maximum atomic E-state index is 4.74. The molecule has 6 heteroatoms. The van der Waals surface area contributed by atoms with Crippen LogP contribution in [-0.4, -0.2) is 34.1 Å². The van der Waals surface area contributed by atoms with Gasteiger partial charge in [0.2, 0.25) is 5.13 Å². The van der Waals surface area contributed by atoms with Gasteiger partial charge in [-0.25, -0.2) is 19.3 Å². The average Bonchev–Trinajstić information content (AvgIpc) is 3.08. The fourth-order valence-corrected chi connectivity index (χ4v) is 4.02. The van der Waals surface area contributed by atoms with Gasteiger partial charge >= 0.3 is 0 Å². The predicted octanol–water partition coefficient (Wildman–Crippen LogP) is 4.92. The van der Waals surface area contributed by atoms with Crippen molar-refractivity contribution in [3.63, 3.8) is 0 Å². The van der Waals surface area contributed by atoms with Gasteiger partial charge in [0.1, 0.15) is 5.69 Å². The first-order chi connectivity index (χ1) is 11.8. The maximum absolute atomic E-state index is 4.74. The van der Waals surface area contributed by atoms with E-state index in [1.807, 2.05) is 35.5 Å². The highest BCUT2D eigenvalue weighted by Gasteiger charge is 2.15. The Morgan fingerprint density at radius 2 is 1.79 bits per heavy atom. The Kier molecular flexibility index (Phi) is 4.42. The molecule has 0 amide bonds. The van der Waals surface area contributed by atoms with Crippen LogP contribution in [0.3, 0.4) is 0 Å². The van der Waals surface area contributed by atoms with Crippen LogP contribution in [0.25, 0.3) is 22.6 Å². The molecule has 0 spiro atoms. The van der Waals surface area contributed by atoms with Gasteiger partial charge in [-0.05, 0) is 49.4 Å². The Morgan fingerprint density at radius 3 is 2.46 bits per heavy atom. The number of pyridine rings is 1. The molecule has 4 nitrogen and oxygen atoms in total. The molecule has 4 rings (SSSR count). The normalized spacial score (nSPS) is 14.3. The molecule has 1 fully saturated rings. The number of rotatable bonds is 5. The molecule has 0 atom stereocenters. The predicted molar refractivity (Wildman–Crippen MR) is 102 cm³/mol. The molecule has 2 aromatic heterocycles. The van der Waals surface area contributed by atoms with Crippen LogP contribution in [0, 0.1) is 0 Å². The van der Waals surface area contributed by atoms with E-state index in [4.69, 9.17) is 4.98 Å². The number of aromatic nitrogens is 2. The lowest BCUT2D eigenvalue weighted by Crippen LogP contribution is -2.30. The molecule has 0 radical (unpaired) electrons. The molecule has 24 heavy (non-hydrogen) atoms. The summed E-state index contributed by atoms with van der Waals surface area (Å²) in [6, 6.07) is 14.6. The fourth-order valence-electron chi connectivity index (χ4n) is 2.41. The third-order valence-corrected chi connectivity index (χ3v) is 5.72. The van der Waals surface area contributed by atoms with Crippen molar-refractivity contribution in [1.29, 1.82) is 0 Å². The number of hydrogen-bond donors (Lipinski definition) is 0. The molecule has 1 aliphatic rings. The van der Waals surface area contributed by atoms with E-state index in [-0.39, 0.29) is 0 Å². The molecule has 1 aromatic carbocycles. The van der Waals surface area contributed by atoms with E-state index in [1.54, 1.807) is 0 Å². The first kappa shape index (κ1) is 15.5. The maximum Gasteiger partial charge on any atom is 0.209 e. The minimum Gasteiger partial charge on any atom is -0.246 e. The van der Waals surface area contributed by atoms with Crippen molar-refractivity contribution in [2.24, 2.45) is 4.99 Å². The highest BCUT2D eigenvalue weighted by molar-refractivity contribution is 7.97. The number of benzene rings is 1. The van der Waals surface area contributed by atoms with E-state index in [2.05, 4.69) is 45.3 Å². The van der Waals surface area contributed by atoms with Crippen molar-refractivity contribution in [2.75, 3.05) is 13.1 Å². The molecular formula is C18H16N4S2. The van der Waals surface area contributed by atoms with Gasteiger partial charge in [-0.1, -0.05) is 18.2 Å². The van der Waals surface area contributed by atoms with Crippen LogP contribution in [0.1, 0.15) is 6.42 Å². The molecule has 0 aliphatic carbocycles. The molecule has 120 valence electrons. The van der Waals surface area contributed by atoms with Gasteiger partial charge in [0.25, 0.3) is 0 Å². The summed E-state index contributed by atoms with van der Waals surface area (Å²) in [4.78, 5) is 14.3. The Balaban J connectivity index is 1.57. The Bertz CT molecular complexity index is 853. The van der Waals surface area contributed by atoms with E-state index in [0.717, 1.165) is 22.6 Å². The minimum atomic E-state index is 0.671. The summed E-state index contributed by atoms with van der Waals surface area (Å²) in [7, 11) is 0. The lowest BCUT2D eigenvalue weighted by atomic mass is 10.1. The zero-order valence-corrected chi connectivity index (χ0v) is 14.7. The molecule has 0 saturated carbocycles. The molecule has 3 heterocycles. The number of aliphatic imine (C=N–C) groups is 1. The summed E-state index contributed by atoms with van der Waals surface area (Å²) < 4.78 is 2.38. The van der Waals surface area contributed by atoms with Crippen molar-refractivity contribution in [3.05, 3.63) is 47.8 Å². The Labute approximate surface area is 149 Å². The van der Waals surface area contributed by atoms with Gasteiger partial charge in [-0.2, -0.15) is 0 Å². The van der Waals surface area contributed by atoms with E-state index in [0.29, 0.717) is 5.13 Å². The first-order valence-corrected chi connectivity index (χ1v) is 9.40. The zero-order valence-electron chi connectivity index (χ0n) is 13.1. The summed E-state index contributed by atoms with van der Waals surface area (Å²) in [5, 5.41) is 2.63. The van der Waals surface area contributed by atoms with Crippen LogP contribution in [-0.2, 0) is 0 Å². The molecule has 3 aromatic rings. The lowest BCUT2D eigenvalue weighted by molar-refractivity contribution is 0.344. The largest absolute Gasteiger partial charge is 0.246 e. The first-order valence-electron chi connectivity index (χ1n) is 7.75. The fraction of sp³-hybridized carbons (Fsp3) is 0.167. The summed E-state index contributed by atoms with van der Waals surface area (Å²) in [5.74, 6) is 0. The van der Waals surface area contributed by atoms with E-state index in [1.165, 1.54) is 35.7 Å². The van der Waals surface area contributed by atoms with Crippen LogP contribution >= 0.6 is 23.3 Å². The Morgan fingerprint density at radius 1 is 1.00 bits per heavy atom. The second-order valence-electron chi connectivity index (χ2n) is 5.48. The summed E-state index contributed by atoms with van der Waals surface area (Å²) in [6.07, 6.45) is 1.31. The smallest absolute Gasteiger partial charge is 0.209 e. The highest BCUT2D eigenvalue weighted by atomic mass is 32.2. The summed E-state index contributed by atoms with van der Waals surface area (Å²) in [6.45, 7) is 5.89. The van der Waals surface area contributed by atoms with Gasteiger partial charge in [0, 0.05) is 28.9 Å². The third kappa shape index (κ3) is 3.26. The van der Waals surface area contributed by atoms with Crippen molar-refractivity contribution in [1.82, 2.24) is 14.3 Å². The van der Waals surface area contributed by atoms with Crippen molar-refractivity contribution < 1.29 is 0 Å². The second-order valence-corrected chi connectivity index (χ2v) is 7.49. The quantitative estimate of drug-likeness (QED) is 0.483. The number of hydrogen-bond acceptors (Lipinski definition) is 6. The van der Waals surface area contributed by atoms with Gasteiger partial charge in [0.15, 0.2) is 0 Å². The monoisotopic (exact) mass is 352 g/mol. The highest BCUT2D eigenvalue weighted by Crippen LogP contribution is 2.30. The molecule has 1 saturated heterocycles. The van der Waals surface area contributed by atoms with Crippen LogP contribution in [0.5, 0.6) is 0 Å². The summed E-state index contributed by atoms with van der Waals surface area (Å²) in [5.41, 5.74) is 3.77. The SMILES string of the molecule is C=Nc1nc(-c2cccc(-c3ccc(SN4CCC4)cc3)n2)cs1. The van der Waals surface area contributed by atoms with Gasteiger partial charge < -0.3 is 0 Å². The summed E-state index contributed by atoms with van der Waals surface area (Å²) >= 11 is 3.30. The molecule has 0 N–H and O–H groups in total. The van der Waals surface area contributed by atoms with E-state index in [9.17, 15) is 0 Å². The van der Waals surface area contributed by atoms with Crippen LogP contribution in [0.4, 0.5) is 5.13 Å². The topological polar surface area (TPSA) is 41.4 Å². The molecule has 1 aliphatic heterocycles. The van der Waals surface area contributed by atoms with E-state index < -0.39 is 0 Å². The van der Waals surface area contributed by atoms with Gasteiger partial charge in [-0.3, -0.25) is 0 Å². The van der Waals surface area contributed by atoms with Crippen molar-refractivity contribution in [3.8, 4) is 22.6 Å².